The molecule has 4 fully saturated rings. The van der Waals surface area contributed by atoms with Crippen molar-refractivity contribution in [1.29, 1.82) is 0 Å². The first-order valence-electron chi connectivity index (χ1n) is 16.3. The molecule has 0 spiro atoms. The highest BCUT2D eigenvalue weighted by atomic mass is 16.5. The molecule has 6 heteroatoms. The van der Waals surface area contributed by atoms with Gasteiger partial charge < -0.3 is 25.4 Å². The van der Waals surface area contributed by atoms with Crippen molar-refractivity contribution in [3.05, 3.63) is 54.6 Å². The number of carbonyl (C=O) groups is 1. The molecule has 6 rings (SSSR count). The summed E-state index contributed by atoms with van der Waals surface area (Å²) in [6.45, 7) is 6.90. The summed E-state index contributed by atoms with van der Waals surface area (Å²) in [5.74, 6) is 3.26. The number of hydrogen-bond acceptors (Lipinski definition) is 5. The van der Waals surface area contributed by atoms with Crippen molar-refractivity contribution in [1.82, 2.24) is 0 Å². The van der Waals surface area contributed by atoms with Crippen molar-refractivity contribution in [3.8, 4) is 11.5 Å². The van der Waals surface area contributed by atoms with Gasteiger partial charge in [-0.15, -0.1) is 0 Å². The van der Waals surface area contributed by atoms with E-state index >= 15 is 0 Å². The summed E-state index contributed by atoms with van der Waals surface area (Å²) in [6, 6.07) is 17.1. The van der Waals surface area contributed by atoms with Crippen molar-refractivity contribution in [2.24, 2.45) is 46.3 Å². The first kappa shape index (κ1) is 29.7. The average molecular weight is 576 g/mol. The third-order valence-electron chi connectivity index (χ3n) is 12.5. The maximum Gasteiger partial charge on any atom is 0.224 e. The number of aliphatic hydroxyl groups is 3. The van der Waals surface area contributed by atoms with Crippen LogP contribution in [0.25, 0.3) is 0 Å². The molecule has 0 aromatic heterocycles. The third kappa shape index (κ3) is 5.28. The van der Waals surface area contributed by atoms with Crippen LogP contribution in [0, 0.1) is 46.3 Å². The summed E-state index contributed by atoms with van der Waals surface area (Å²) >= 11 is 0. The van der Waals surface area contributed by atoms with Gasteiger partial charge in [0.05, 0.1) is 18.3 Å². The van der Waals surface area contributed by atoms with E-state index in [1.54, 1.807) is 0 Å². The molecule has 4 N–H and O–H groups in total. The number of benzene rings is 2. The molecule has 228 valence electrons. The summed E-state index contributed by atoms with van der Waals surface area (Å²) in [7, 11) is 0. The lowest BCUT2D eigenvalue weighted by Gasteiger charge is -2.63. The molecule has 4 aliphatic rings. The quantitative estimate of drug-likeness (QED) is 0.291. The Morgan fingerprint density at radius 2 is 1.64 bits per heavy atom. The minimum Gasteiger partial charge on any atom is -0.457 e. The molecule has 2 aromatic rings. The molecule has 1 amide bonds. The summed E-state index contributed by atoms with van der Waals surface area (Å²) in [6.07, 6.45) is 6.38. The van der Waals surface area contributed by atoms with Crippen molar-refractivity contribution in [2.75, 3.05) is 5.32 Å². The van der Waals surface area contributed by atoms with E-state index in [4.69, 9.17) is 4.74 Å². The minimum atomic E-state index is -0.404. The largest absolute Gasteiger partial charge is 0.457 e. The average Bonchev–Trinajstić information content (AvgIpc) is 3.33. The number of fused-ring (bicyclic) bond motifs is 5. The number of aliphatic hydroxyl groups excluding tert-OH is 3. The van der Waals surface area contributed by atoms with Crippen LogP contribution in [0.1, 0.15) is 78.6 Å². The summed E-state index contributed by atoms with van der Waals surface area (Å²) in [4.78, 5) is 12.9. The topological polar surface area (TPSA) is 99.0 Å². The molecule has 0 heterocycles. The van der Waals surface area contributed by atoms with Crippen LogP contribution in [0.15, 0.2) is 54.6 Å². The van der Waals surface area contributed by atoms with Crippen molar-refractivity contribution in [3.63, 3.8) is 0 Å². The van der Waals surface area contributed by atoms with E-state index in [0.717, 1.165) is 68.6 Å². The van der Waals surface area contributed by atoms with E-state index in [0.29, 0.717) is 36.0 Å². The fourth-order valence-electron chi connectivity index (χ4n) is 10.1. The number of carbonyl (C=O) groups excluding carboxylic acids is 1. The first-order valence-corrected chi connectivity index (χ1v) is 16.3. The lowest BCUT2D eigenvalue weighted by atomic mass is 9.43. The Morgan fingerprint density at radius 3 is 2.38 bits per heavy atom. The van der Waals surface area contributed by atoms with Crippen LogP contribution in [0.3, 0.4) is 0 Å². The minimum absolute atomic E-state index is 0.00342. The molecular formula is C36H49NO5. The predicted molar refractivity (Wildman–Crippen MR) is 164 cm³/mol. The maximum absolute atomic E-state index is 12.9. The smallest absolute Gasteiger partial charge is 0.224 e. The van der Waals surface area contributed by atoms with Gasteiger partial charge >= 0.3 is 0 Å². The molecule has 0 bridgehead atoms. The molecule has 42 heavy (non-hydrogen) atoms. The zero-order valence-corrected chi connectivity index (χ0v) is 25.4. The molecule has 0 aliphatic heterocycles. The number of para-hydroxylation sites is 1. The number of rotatable bonds is 7. The highest BCUT2D eigenvalue weighted by molar-refractivity contribution is 5.90. The van der Waals surface area contributed by atoms with E-state index in [2.05, 4.69) is 26.1 Å². The predicted octanol–water partition coefficient (Wildman–Crippen LogP) is 6.80. The fraction of sp³-hybridized carbons (Fsp3) is 0.639. The van der Waals surface area contributed by atoms with Crippen LogP contribution in [0.5, 0.6) is 11.5 Å². The second kappa shape index (κ2) is 11.6. The molecule has 2 aromatic carbocycles. The highest BCUT2D eigenvalue weighted by Gasteiger charge is 2.65. The van der Waals surface area contributed by atoms with Gasteiger partial charge in [0, 0.05) is 12.1 Å². The third-order valence-corrected chi connectivity index (χ3v) is 12.5. The van der Waals surface area contributed by atoms with E-state index in [-0.39, 0.29) is 34.9 Å². The van der Waals surface area contributed by atoms with Gasteiger partial charge in [-0.2, -0.15) is 0 Å². The number of hydrogen-bond donors (Lipinski definition) is 4. The Kier molecular flexibility index (Phi) is 8.18. The van der Waals surface area contributed by atoms with E-state index < -0.39 is 6.10 Å². The van der Waals surface area contributed by atoms with Crippen LogP contribution in [0.2, 0.25) is 0 Å². The van der Waals surface area contributed by atoms with E-state index in [1.807, 2.05) is 54.6 Å². The van der Waals surface area contributed by atoms with Gasteiger partial charge in [-0.3, -0.25) is 4.79 Å². The Hall–Kier alpha value is -2.41. The molecule has 0 saturated heterocycles. The standard InChI is InChI=1S/C36H49NO5/c1-22(9-16-33(41)37-24-10-12-27(13-11-24)42-26-7-5-4-6-8-26)28-14-15-29-34-30(21-32(40)36(28,29)3)35(2)18-17-25(38)19-23(35)20-31(34)39/h4-8,10-13,22-23,25,28-32,34,38-40H,9,14-21H2,1-3H3,(H,37,41)/t22-,23+,25-,28-,29+,30+,31-,32+,34+,35+,36-/m1/s1. The van der Waals surface area contributed by atoms with Crippen molar-refractivity contribution >= 4 is 11.6 Å². The number of anilines is 1. The van der Waals surface area contributed by atoms with Gasteiger partial charge in [0.1, 0.15) is 11.5 Å². The van der Waals surface area contributed by atoms with Crippen LogP contribution < -0.4 is 10.1 Å². The monoisotopic (exact) mass is 575 g/mol. The second-order valence-corrected chi connectivity index (χ2v) is 14.5. The summed E-state index contributed by atoms with van der Waals surface area (Å²) < 4.78 is 5.85. The molecule has 0 unspecified atom stereocenters. The molecule has 4 aliphatic carbocycles. The molecule has 0 radical (unpaired) electrons. The maximum atomic E-state index is 12.9. The van der Waals surface area contributed by atoms with Gasteiger partial charge in [-0.05, 0) is 134 Å². The second-order valence-electron chi connectivity index (χ2n) is 14.5. The van der Waals surface area contributed by atoms with Gasteiger partial charge in [0.15, 0.2) is 0 Å². The molecular weight excluding hydrogens is 526 g/mol. The lowest BCUT2D eigenvalue weighted by Crippen LogP contribution is -2.62. The van der Waals surface area contributed by atoms with Crippen LogP contribution >= 0.6 is 0 Å². The normalized spacial score (nSPS) is 39.9. The summed E-state index contributed by atoms with van der Waals surface area (Å²) in [5, 5.41) is 36.7. The lowest BCUT2D eigenvalue weighted by molar-refractivity contribution is -0.207. The van der Waals surface area contributed by atoms with Crippen molar-refractivity contribution < 1.29 is 24.9 Å². The van der Waals surface area contributed by atoms with Crippen LogP contribution in [-0.4, -0.2) is 39.5 Å². The molecule has 4 saturated carbocycles. The van der Waals surface area contributed by atoms with Crippen LogP contribution in [-0.2, 0) is 4.79 Å². The number of ether oxygens (including phenoxy) is 1. The first-order chi connectivity index (χ1) is 20.1. The number of amides is 1. The zero-order chi connectivity index (χ0) is 29.6. The SMILES string of the molecule is C[C@H](CCC(=O)Nc1ccc(Oc2ccccc2)cc1)[C@H]1CC[C@H]2[C@@H]3[C@H](O)C[C@@H]4C[C@H](O)CC[C@]4(C)[C@H]3C[C@H](O)[C@]12C. The van der Waals surface area contributed by atoms with Crippen molar-refractivity contribution in [2.45, 2.75) is 96.9 Å². The van der Waals surface area contributed by atoms with E-state index in [9.17, 15) is 20.1 Å². The fourth-order valence-corrected chi connectivity index (χ4v) is 10.1. The van der Waals surface area contributed by atoms with Gasteiger partial charge in [-0.25, -0.2) is 0 Å². The zero-order valence-electron chi connectivity index (χ0n) is 25.4. The Morgan fingerprint density at radius 1 is 0.929 bits per heavy atom. The Labute approximate surface area is 250 Å². The van der Waals surface area contributed by atoms with Crippen LogP contribution in [0.4, 0.5) is 5.69 Å². The molecule has 11 atom stereocenters. The van der Waals surface area contributed by atoms with Gasteiger partial charge in [-0.1, -0.05) is 39.0 Å². The Bertz CT molecular complexity index is 1240. The summed E-state index contributed by atoms with van der Waals surface area (Å²) in [5.41, 5.74) is 0.589. The molecule has 6 nitrogen and oxygen atoms in total. The highest BCUT2D eigenvalue weighted by Crippen LogP contribution is 2.68. The van der Waals surface area contributed by atoms with Gasteiger partial charge in [0.25, 0.3) is 0 Å². The Balaban J connectivity index is 1.07. The number of nitrogens with one attached hydrogen (secondary N) is 1. The van der Waals surface area contributed by atoms with E-state index in [1.165, 1.54) is 0 Å². The van der Waals surface area contributed by atoms with Gasteiger partial charge in [0.2, 0.25) is 5.91 Å².